The smallest absolute Gasteiger partial charge is 0.408 e. The summed E-state index contributed by atoms with van der Waals surface area (Å²) < 4.78 is 5.53. The van der Waals surface area contributed by atoms with Crippen LogP contribution in [0.1, 0.15) is 63.3 Å². The average molecular weight is 604 g/mol. The van der Waals surface area contributed by atoms with Crippen molar-refractivity contribution in [3.63, 3.8) is 0 Å². The van der Waals surface area contributed by atoms with Crippen LogP contribution in [0.4, 0.5) is 10.5 Å². The third kappa shape index (κ3) is 9.20. The van der Waals surface area contributed by atoms with Crippen molar-refractivity contribution < 1.29 is 19.1 Å². The molecule has 0 radical (unpaired) electrons. The Morgan fingerprint density at radius 1 is 0.889 bits per heavy atom. The lowest BCUT2D eigenvalue weighted by molar-refractivity contribution is -0.140. The summed E-state index contributed by atoms with van der Waals surface area (Å²) in [6.45, 7) is 7.61. The van der Waals surface area contributed by atoms with E-state index >= 15 is 0 Å². The van der Waals surface area contributed by atoms with E-state index in [9.17, 15) is 14.4 Å². The average Bonchev–Trinajstić information content (AvgIpc) is 3.02. The lowest BCUT2D eigenvalue weighted by Gasteiger charge is -2.34. The number of ether oxygens (including phenoxy) is 1. The fourth-order valence-corrected chi connectivity index (χ4v) is 5.11. The third-order valence-electron chi connectivity index (χ3n) is 7.28. The molecule has 0 saturated heterocycles. The van der Waals surface area contributed by atoms with Gasteiger partial charge in [0.05, 0.1) is 0 Å². The monoisotopic (exact) mass is 603 g/mol. The number of nitrogens with zero attached hydrogens (tertiary/aromatic N) is 1. The van der Waals surface area contributed by atoms with E-state index in [0.717, 1.165) is 22.8 Å². The highest BCUT2D eigenvalue weighted by Crippen LogP contribution is 2.27. The molecule has 2 unspecified atom stereocenters. The molecular formula is C38H41N3O4. The summed E-state index contributed by atoms with van der Waals surface area (Å²) >= 11 is 0. The molecule has 0 aliphatic carbocycles. The van der Waals surface area contributed by atoms with Crippen molar-refractivity contribution in [1.82, 2.24) is 10.2 Å². The molecule has 0 fully saturated rings. The van der Waals surface area contributed by atoms with E-state index in [4.69, 9.17) is 11.2 Å². The molecule has 4 aromatic carbocycles. The predicted octanol–water partition coefficient (Wildman–Crippen LogP) is 7.27. The number of alkyl carbamates (subject to hydrolysis) is 1. The van der Waals surface area contributed by atoms with E-state index < -0.39 is 29.7 Å². The first-order valence-corrected chi connectivity index (χ1v) is 15.3. The number of hydrogen-bond acceptors (Lipinski definition) is 4. The Morgan fingerprint density at radius 3 is 2.20 bits per heavy atom. The normalized spacial score (nSPS) is 12.4. The second-order valence-corrected chi connectivity index (χ2v) is 12.0. The van der Waals surface area contributed by atoms with Crippen LogP contribution in [0.2, 0.25) is 0 Å². The number of unbranched alkanes of at least 4 members (excludes halogenated alkanes) is 1. The second kappa shape index (κ2) is 15.1. The van der Waals surface area contributed by atoms with Crippen molar-refractivity contribution in [1.29, 1.82) is 0 Å². The fourth-order valence-electron chi connectivity index (χ4n) is 5.11. The molecule has 0 heterocycles. The van der Waals surface area contributed by atoms with E-state index in [1.165, 1.54) is 0 Å². The lowest BCUT2D eigenvalue weighted by Crippen LogP contribution is -2.53. The zero-order valence-electron chi connectivity index (χ0n) is 26.4. The van der Waals surface area contributed by atoms with Gasteiger partial charge in [0.1, 0.15) is 17.7 Å². The number of carbonyl (C=O) groups excluding carboxylic acids is 3. The molecule has 0 saturated carbocycles. The van der Waals surface area contributed by atoms with Crippen molar-refractivity contribution in [2.75, 3.05) is 11.9 Å². The standard InChI is InChI=1S/C38H41N3O4/c1-6-8-24-41(36(43)33(25-28-14-10-9-11-15-28)40-37(44)45-38(3,4)5)34(30-20-18-27(7-2)19-21-30)35(42)39-32-23-22-29-16-12-13-17-31(29)26-32/h2,9-23,26,33-34H,6,8,24-25H2,1,3-5H3,(H,39,42)(H,40,44). The summed E-state index contributed by atoms with van der Waals surface area (Å²) in [5.74, 6) is 1.84. The van der Waals surface area contributed by atoms with E-state index in [1.54, 1.807) is 49.9 Å². The minimum Gasteiger partial charge on any atom is -0.444 e. The zero-order valence-corrected chi connectivity index (χ0v) is 26.4. The van der Waals surface area contributed by atoms with Gasteiger partial charge < -0.3 is 20.3 Å². The van der Waals surface area contributed by atoms with E-state index in [2.05, 4.69) is 16.6 Å². The van der Waals surface area contributed by atoms with Gasteiger partial charge in [-0.1, -0.05) is 92.1 Å². The van der Waals surface area contributed by atoms with Crippen LogP contribution in [-0.2, 0) is 20.7 Å². The Hall–Kier alpha value is -5.09. The first-order valence-electron chi connectivity index (χ1n) is 15.3. The van der Waals surface area contributed by atoms with Crippen LogP contribution in [0.15, 0.2) is 97.1 Å². The van der Waals surface area contributed by atoms with Gasteiger partial charge in [-0.3, -0.25) is 9.59 Å². The van der Waals surface area contributed by atoms with Crippen LogP contribution in [0, 0.1) is 12.3 Å². The lowest BCUT2D eigenvalue weighted by atomic mass is 9.99. The van der Waals surface area contributed by atoms with Crippen LogP contribution in [0.25, 0.3) is 10.8 Å². The minimum absolute atomic E-state index is 0.219. The van der Waals surface area contributed by atoms with Gasteiger partial charge in [-0.15, -0.1) is 6.42 Å². The topological polar surface area (TPSA) is 87.7 Å². The molecule has 7 heteroatoms. The number of amides is 3. The summed E-state index contributed by atoms with van der Waals surface area (Å²) in [6.07, 6.45) is 6.57. The van der Waals surface area contributed by atoms with Gasteiger partial charge in [0.25, 0.3) is 5.91 Å². The van der Waals surface area contributed by atoms with Crippen LogP contribution in [0.5, 0.6) is 0 Å². The number of terminal acetylenes is 1. The summed E-state index contributed by atoms with van der Waals surface area (Å²) in [6, 6.07) is 28.1. The van der Waals surface area contributed by atoms with Gasteiger partial charge >= 0.3 is 6.09 Å². The number of anilines is 1. The highest BCUT2D eigenvalue weighted by atomic mass is 16.6. The zero-order chi connectivity index (χ0) is 32.4. The van der Waals surface area contributed by atoms with Crippen molar-refractivity contribution in [3.8, 4) is 12.3 Å². The van der Waals surface area contributed by atoms with Gasteiger partial charge in [-0.05, 0) is 73.4 Å². The Kier molecular flexibility index (Phi) is 11.0. The van der Waals surface area contributed by atoms with Gasteiger partial charge in [-0.2, -0.15) is 0 Å². The van der Waals surface area contributed by atoms with Gasteiger partial charge in [0, 0.05) is 24.2 Å². The first-order chi connectivity index (χ1) is 21.6. The molecule has 2 atom stereocenters. The van der Waals surface area contributed by atoms with Crippen LogP contribution >= 0.6 is 0 Å². The number of carbonyl (C=O) groups is 3. The molecule has 45 heavy (non-hydrogen) atoms. The van der Waals surface area contributed by atoms with Crippen molar-refractivity contribution in [3.05, 3.63) is 114 Å². The molecule has 4 aromatic rings. The van der Waals surface area contributed by atoms with Crippen LogP contribution in [0.3, 0.4) is 0 Å². The number of benzene rings is 4. The summed E-state index contributed by atoms with van der Waals surface area (Å²) in [4.78, 5) is 43.4. The molecule has 0 aromatic heterocycles. The largest absolute Gasteiger partial charge is 0.444 e. The number of fused-ring (bicyclic) bond motifs is 1. The van der Waals surface area contributed by atoms with Crippen molar-refractivity contribution >= 4 is 34.4 Å². The van der Waals surface area contributed by atoms with Gasteiger partial charge in [-0.25, -0.2) is 4.79 Å². The first kappa shape index (κ1) is 32.8. The Labute approximate surface area is 266 Å². The van der Waals surface area contributed by atoms with Crippen LogP contribution in [-0.4, -0.2) is 41.0 Å². The number of rotatable bonds is 11. The Bertz CT molecular complexity index is 1650. The molecule has 0 aliphatic rings. The SMILES string of the molecule is C#Cc1ccc(C(C(=O)Nc2ccc3ccccc3c2)N(CCCC)C(=O)C(Cc2ccccc2)NC(=O)OC(C)(C)C)cc1. The second-order valence-electron chi connectivity index (χ2n) is 12.0. The number of nitrogens with one attached hydrogen (secondary N) is 2. The molecule has 0 aliphatic heterocycles. The summed E-state index contributed by atoms with van der Waals surface area (Å²) in [5, 5.41) is 7.88. The van der Waals surface area contributed by atoms with E-state index in [1.807, 2.05) is 79.7 Å². The number of hydrogen-bond donors (Lipinski definition) is 2. The highest BCUT2D eigenvalue weighted by Gasteiger charge is 2.36. The Balaban J connectivity index is 1.74. The fraction of sp³-hybridized carbons (Fsp3) is 0.289. The molecule has 0 bridgehead atoms. The molecule has 4 rings (SSSR count). The van der Waals surface area contributed by atoms with Gasteiger partial charge in [0.2, 0.25) is 5.91 Å². The van der Waals surface area contributed by atoms with E-state index in [-0.39, 0.29) is 12.3 Å². The quantitative estimate of drug-likeness (QED) is 0.177. The Morgan fingerprint density at radius 2 is 1.56 bits per heavy atom. The molecular weight excluding hydrogens is 562 g/mol. The third-order valence-corrected chi connectivity index (χ3v) is 7.28. The predicted molar refractivity (Wildman–Crippen MR) is 180 cm³/mol. The molecule has 3 amide bonds. The summed E-state index contributed by atoms with van der Waals surface area (Å²) in [7, 11) is 0. The van der Waals surface area contributed by atoms with Crippen molar-refractivity contribution in [2.24, 2.45) is 0 Å². The maximum absolute atomic E-state index is 14.6. The highest BCUT2D eigenvalue weighted by molar-refractivity contribution is 6.00. The summed E-state index contributed by atoms with van der Waals surface area (Å²) in [5.41, 5.74) is 1.98. The van der Waals surface area contributed by atoms with Crippen LogP contribution < -0.4 is 10.6 Å². The van der Waals surface area contributed by atoms with Gasteiger partial charge in [0.15, 0.2) is 0 Å². The molecule has 2 N–H and O–H groups in total. The maximum atomic E-state index is 14.6. The maximum Gasteiger partial charge on any atom is 0.408 e. The molecule has 0 spiro atoms. The minimum atomic E-state index is -0.999. The molecule has 232 valence electrons. The van der Waals surface area contributed by atoms with Crippen molar-refractivity contribution in [2.45, 2.75) is 64.6 Å². The molecule has 7 nitrogen and oxygen atoms in total. The van der Waals surface area contributed by atoms with E-state index in [0.29, 0.717) is 29.8 Å².